The highest BCUT2D eigenvalue weighted by Crippen LogP contribution is 2.65. The van der Waals surface area contributed by atoms with Crippen molar-refractivity contribution in [3.63, 3.8) is 0 Å². The number of imide groups is 1. The van der Waals surface area contributed by atoms with Crippen molar-refractivity contribution in [1.29, 1.82) is 0 Å². The maximum Gasteiger partial charge on any atom is 0.271 e. The summed E-state index contributed by atoms with van der Waals surface area (Å²) in [5.74, 6) is 0.166. The van der Waals surface area contributed by atoms with Crippen LogP contribution >= 0.6 is 0 Å². The van der Waals surface area contributed by atoms with Gasteiger partial charge in [0.15, 0.2) is 0 Å². The van der Waals surface area contributed by atoms with Crippen molar-refractivity contribution in [2.24, 2.45) is 35.5 Å². The predicted octanol–water partition coefficient (Wildman–Crippen LogP) is 3.40. The maximum absolute atomic E-state index is 13.2. The van der Waals surface area contributed by atoms with Crippen molar-refractivity contribution >= 4 is 34.8 Å². The van der Waals surface area contributed by atoms with E-state index in [1.165, 1.54) is 23.1 Å². The molecule has 0 unspecified atom stereocenters. The first-order chi connectivity index (χ1) is 15.4. The first-order valence-electron chi connectivity index (χ1n) is 10.7. The van der Waals surface area contributed by atoms with Gasteiger partial charge in [0.05, 0.1) is 22.4 Å². The molecule has 160 valence electrons. The van der Waals surface area contributed by atoms with Crippen LogP contribution in [0.2, 0.25) is 0 Å². The van der Waals surface area contributed by atoms with Gasteiger partial charge in [0.2, 0.25) is 11.8 Å². The van der Waals surface area contributed by atoms with E-state index in [2.05, 4.69) is 17.5 Å². The van der Waals surface area contributed by atoms with Crippen LogP contribution in [0.15, 0.2) is 60.7 Å². The third kappa shape index (κ3) is 2.65. The van der Waals surface area contributed by atoms with Gasteiger partial charge < -0.3 is 5.32 Å². The highest BCUT2D eigenvalue weighted by atomic mass is 16.6. The van der Waals surface area contributed by atoms with E-state index in [0.717, 1.165) is 6.42 Å². The number of anilines is 2. The second kappa shape index (κ2) is 6.59. The Balaban J connectivity index is 1.21. The fraction of sp³-hybridized carbons (Fsp3) is 0.292. The van der Waals surface area contributed by atoms with Gasteiger partial charge in [-0.3, -0.25) is 29.4 Å². The number of nitrogens with one attached hydrogen (secondary N) is 1. The zero-order chi connectivity index (χ0) is 22.1. The number of carbonyl (C=O) groups excluding carboxylic acids is 3. The monoisotopic (exact) mass is 429 g/mol. The molecule has 1 heterocycles. The summed E-state index contributed by atoms with van der Waals surface area (Å²) in [6.45, 7) is 0. The quantitative estimate of drug-likeness (QED) is 0.347. The average molecular weight is 429 g/mol. The Morgan fingerprint density at radius 2 is 1.59 bits per heavy atom. The molecule has 2 bridgehead atoms. The van der Waals surface area contributed by atoms with E-state index < -0.39 is 10.8 Å². The molecule has 2 aromatic carbocycles. The van der Waals surface area contributed by atoms with Gasteiger partial charge in [-0.15, -0.1) is 0 Å². The number of hydrogen-bond donors (Lipinski definition) is 1. The summed E-state index contributed by atoms with van der Waals surface area (Å²) in [5.41, 5.74) is 0.977. The molecule has 3 amide bonds. The minimum atomic E-state index is -0.530. The van der Waals surface area contributed by atoms with E-state index >= 15 is 0 Å². The number of nitrogens with zero attached hydrogens (tertiary/aromatic N) is 2. The molecule has 2 aromatic rings. The van der Waals surface area contributed by atoms with Crippen LogP contribution in [-0.2, 0) is 9.59 Å². The highest BCUT2D eigenvalue weighted by molar-refractivity contribution is 6.22. The number of rotatable bonds is 4. The summed E-state index contributed by atoms with van der Waals surface area (Å²) in [6, 6.07) is 12.0. The summed E-state index contributed by atoms with van der Waals surface area (Å²) in [7, 11) is 0. The number of carbonyl (C=O) groups is 3. The lowest BCUT2D eigenvalue weighted by atomic mass is 9.63. The fourth-order valence-electron chi connectivity index (χ4n) is 5.87. The van der Waals surface area contributed by atoms with Gasteiger partial charge in [0.25, 0.3) is 11.6 Å². The van der Waals surface area contributed by atoms with Gasteiger partial charge in [0, 0.05) is 23.4 Å². The Morgan fingerprint density at radius 1 is 0.969 bits per heavy atom. The first kappa shape index (κ1) is 18.9. The van der Waals surface area contributed by atoms with Crippen LogP contribution in [0.5, 0.6) is 0 Å². The van der Waals surface area contributed by atoms with Crippen molar-refractivity contribution in [1.82, 2.24) is 0 Å². The molecule has 1 aliphatic heterocycles. The summed E-state index contributed by atoms with van der Waals surface area (Å²) in [4.78, 5) is 50.6. The molecule has 0 radical (unpaired) electrons. The molecule has 5 aliphatic rings. The highest BCUT2D eigenvalue weighted by Gasteiger charge is 2.67. The molecular weight excluding hydrogens is 410 g/mol. The Hall–Kier alpha value is -3.81. The Labute approximate surface area is 183 Å². The zero-order valence-corrected chi connectivity index (χ0v) is 16.9. The minimum Gasteiger partial charge on any atom is -0.322 e. The van der Waals surface area contributed by atoms with E-state index in [-0.39, 0.29) is 41.2 Å². The van der Waals surface area contributed by atoms with Crippen molar-refractivity contribution < 1.29 is 19.3 Å². The standard InChI is InChI=1S/C24H19N3O5/c28-22(25-13-2-1-3-15(10-13)27(31)32)12-4-6-14(7-5-12)26-23(29)20-16-8-9-17(19-11-18(16)19)21(20)24(26)30/h1-10,16-21H,11H2,(H,25,28)/t16-,17-,18-,19-,20-,21+/m0/s1. The van der Waals surface area contributed by atoms with E-state index in [4.69, 9.17) is 0 Å². The van der Waals surface area contributed by atoms with Crippen LogP contribution in [-0.4, -0.2) is 22.6 Å². The molecule has 1 N–H and O–H groups in total. The Kier molecular flexibility index (Phi) is 3.90. The minimum absolute atomic E-state index is 0.119. The number of hydrogen-bond acceptors (Lipinski definition) is 5. The van der Waals surface area contributed by atoms with Gasteiger partial charge in [-0.25, -0.2) is 0 Å². The third-order valence-electron chi connectivity index (χ3n) is 7.37. The summed E-state index contributed by atoms with van der Waals surface area (Å²) in [6.07, 6.45) is 5.39. The molecule has 8 nitrogen and oxygen atoms in total. The van der Waals surface area contributed by atoms with Crippen molar-refractivity contribution in [3.05, 3.63) is 76.4 Å². The Morgan fingerprint density at radius 3 is 2.19 bits per heavy atom. The van der Waals surface area contributed by atoms with E-state index in [1.807, 2.05) is 0 Å². The molecule has 6 atom stereocenters. The molecule has 4 aliphatic carbocycles. The number of allylic oxidation sites excluding steroid dienone is 2. The van der Waals surface area contributed by atoms with Crippen LogP contribution in [0.1, 0.15) is 16.8 Å². The number of benzene rings is 2. The van der Waals surface area contributed by atoms with Crippen molar-refractivity contribution in [3.8, 4) is 0 Å². The van der Waals surface area contributed by atoms with Crippen molar-refractivity contribution in [2.45, 2.75) is 6.42 Å². The maximum atomic E-state index is 13.2. The van der Waals surface area contributed by atoms with E-state index in [9.17, 15) is 24.5 Å². The molecule has 7 rings (SSSR count). The average Bonchev–Trinajstić information content (AvgIpc) is 3.57. The molecule has 0 aromatic heterocycles. The molecule has 32 heavy (non-hydrogen) atoms. The first-order valence-corrected chi connectivity index (χ1v) is 10.7. The lowest BCUT2D eigenvalue weighted by molar-refractivity contribution is -0.384. The SMILES string of the molecule is O=C(Nc1cccc([N+](=O)[O-])c1)c1ccc(N2C(=O)[C@@H]3[C@H]4C=C[C@@H]([C@@H]5C[C@@H]45)[C@@H]3C2=O)cc1. The third-order valence-corrected chi connectivity index (χ3v) is 7.37. The molecule has 8 heteroatoms. The second-order valence-corrected chi connectivity index (χ2v) is 8.97. The van der Waals surface area contributed by atoms with Gasteiger partial charge >= 0.3 is 0 Å². The van der Waals surface area contributed by atoms with Crippen LogP contribution in [0.25, 0.3) is 0 Å². The summed E-state index contributed by atoms with van der Waals surface area (Å²) >= 11 is 0. The zero-order valence-electron chi connectivity index (χ0n) is 16.9. The number of non-ortho nitro benzene ring substituents is 1. The molecule has 2 saturated carbocycles. The number of amides is 3. The smallest absolute Gasteiger partial charge is 0.271 e. The summed E-state index contributed by atoms with van der Waals surface area (Å²) < 4.78 is 0. The van der Waals surface area contributed by atoms with Crippen LogP contribution < -0.4 is 10.2 Å². The van der Waals surface area contributed by atoms with Gasteiger partial charge in [-0.1, -0.05) is 18.2 Å². The molecular formula is C24H19N3O5. The summed E-state index contributed by atoms with van der Waals surface area (Å²) in [5, 5.41) is 13.5. The van der Waals surface area contributed by atoms with Gasteiger partial charge in [-0.05, 0) is 60.4 Å². The van der Waals surface area contributed by atoms with Gasteiger partial charge in [-0.2, -0.15) is 0 Å². The topological polar surface area (TPSA) is 110 Å². The van der Waals surface area contributed by atoms with Crippen molar-refractivity contribution in [2.75, 3.05) is 10.2 Å². The number of nitro benzene ring substituents is 1. The lowest BCUT2D eigenvalue weighted by Crippen LogP contribution is -2.40. The van der Waals surface area contributed by atoms with E-state index in [0.29, 0.717) is 28.8 Å². The van der Waals surface area contributed by atoms with Gasteiger partial charge in [0.1, 0.15) is 0 Å². The largest absolute Gasteiger partial charge is 0.322 e. The normalized spacial score (nSPS) is 31.3. The molecule has 1 saturated heterocycles. The van der Waals surface area contributed by atoms with Crippen LogP contribution in [0.3, 0.4) is 0 Å². The Bertz CT molecular complexity index is 1180. The lowest BCUT2D eigenvalue weighted by Gasteiger charge is -2.37. The molecule has 3 fully saturated rings. The van der Waals surface area contributed by atoms with Crippen LogP contribution in [0, 0.1) is 45.6 Å². The second-order valence-electron chi connectivity index (χ2n) is 8.97. The number of nitro groups is 1. The fourth-order valence-corrected chi connectivity index (χ4v) is 5.87. The molecule has 0 spiro atoms. The van der Waals surface area contributed by atoms with Crippen LogP contribution in [0.4, 0.5) is 17.1 Å². The predicted molar refractivity (Wildman–Crippen MR) is 115 cm³/mol. The van der Waals surface area contributed by atoms with E-state index in [1.54, 1.807) is 30.3 Å².